The Labute approximate surface area is 162 Å². The summed E-state index contributed by atoms with van der Waals surface area (Å²) >= 11 is 0. The van der Waals surface area contributed by atoms with Gasteiger partial charge in [-0.05, 0) is 25.1 Å². The van der Waals surface area contributed by atoms with E-state index in [1.807, 2.05) is 6.92 Å². The van der Waals surface area contributed by atoms with Gasteiger partial charge < -0.3 is 5.32 Å². The van der Waals surface area contributed by atoms with Crippen LogP contribution < -0.4 is 5.32 Å². The number of nitrogens with zero attached hydrogens (tertiary/aromatic N) is 5. The summed E-state index contributed by atoms with van der Waals surface area (Å²) in [5, 5.41) is 10.7. The summed E-state index contributed by atoms with van der Waals surface area (Å²) < 4.78 is 42.6. The third-order valence-electron chi connectivity index (χ3n) is 4.58. The van der Waals surface area contributed by atoms with E-state index >= 15 is 0 Å². The zero-order chi connectivity index (χ0) is 20.8. The van der Waals surface area contributed by atoms with Crippen molar-refractivity contribution in [3.05, 3.63) is 65.7 Å². The summed E-state index contributed by atoms with van der Waals surface area (Å²) in [7, 11) is 1.80. The average Bonchev–Trinajstić information content (AvgIpc) is 3.25. The number of halogens is 3. The largest absolute Gasteiger partial charge is 0.418 e. The Morgan fingerprint density at radius 2 is 1.93 bits per heavy atom. The Morgan fingerprint density at radius 3 is 2.62 bits per heavy atom. The van der Waals surface area contributed by atoms with Gasteiger partial charge in [-0.2, -0.15) is 23.4 Å². The summed E-state index contributed by atoms with van der Waals surface area (Å²) in [5.41, 5.74) is 1.43. The first-order valence-corrected chi connectivity index (χ1v) is 8.57. The van der Waals surface area contributed by atoms with E-state index in [4.69, 9.17) is 0 Å². The maximum Gasteiger partial charge on any atom is 0.418 e. The van der Waals surface area contributed by atoms with Gasteiger partial charge in [0.05, 0.1) is 23.1 Å². The van der Waals surface area contributed by atoms with Crippen LogP contribution in [0.4, 0.5) is 18.9 Å². The number of aromatic nitrogens is 5. The molecular formula is C19H15F3N6O. The lowest BCUT2D eigenvalue weighted by Crippen LogP contribution is -2.17. The lowest BCUT2D eigenvalue weighted by Gasteiger charge is -2.12. The SMILES string of the molecule is Cc1c(-c2ccnc3cc(C(=O)Nc4ccccc4C(F)(F)F)nn23)cnn1C. The van der Waals surface area contributed by atoms with Crippen molar-refractivity contribution < 1.29 is 18.0 Å². The number of hydrogen-bond donors (Lipinski definition) is 1. The van der Waals surface area contributed by atoms with E-state index in [0.29, 0.717) is 11.3 Å². The monoisotopic (exact) mass is 400 g/mol. The lowest BCUT2D eigenvalue weighted by molar-refractivity contribution is -0.136. The van der Waals surface area contributed by atoms with Crippen LogP contribution in [0.5, 0.6) is 0 Å². The highest BCUT2D eigenvalue weighted by Gasteiger charge is 2.33. The molecule has 7 nitrogen and oxygen atoms in total. The van der Waals surface area contributed by atoms with E-state index in [9.17, 15) is 18.0 Å². The second-order valence-electron chi connectivity index (χ2n) is 6.39. The Kier molecular flexibility index (Phi) is 4.33. The van der Waals surface area contributed by atoms with Crippen LogP contribution in [0.25, 0.3) is 16.9 Å². The smallest absolute Gasteiger partial charge is 0.320 e. The van der Waals surface area contributed by atoms with Gasteiger partial charge in [-0.1, -0.05) is 12.1 Å². The fourth-order valence-corrected chi connectivity index (χ4v) is 2.99. The van der Waals surface area contributed by atoms with Crippen molar-refractivity contribution in [1.29, 1.82) is 0 Å². The fourth-order valence-electron chi connectivity index (χ4n) is 2.99. The molecule has 0 saturated heterocycles. The number of rotatable bonds is 3. The number of anilines is 1. The van der Waals surface area contributed by atoms with Gasteiger partial charge in [-0.3, -0.25) is 9.48 Å². The minimum Gasteiger partial charge on any atom is -0.320 e. The summed E-state index contributed by atoms with van der Waals surface area (Å²) in [5.74, 6) is -0.763. The number of alkyl halides is 3. The molecule has 0 unspecified atom stereocenters. The van der Waals surface area contributed by atoms with Crippen LogP contribution in [0.3, 0.4) is 0 Å². The van der Waals surface area contributed by atoms with E-state index in [2.05, 4.69) is 20.5 Å². The number of para-hydroxylation sites is 1. The molecule has 0 saturated carbocycles. The third kappa shape index (κ3) is 3.33. The molecule has 0 aliphatic heterocycles. The van der Waals surface area contributed by atoms with Gasteiger partial charge in [0.1, 0.15) is 0 Å². The molecule has 1 amide bonds. The van der Waals surface area contributed by atoms with Crippen LogP contribution in [0, 0.1) is 6.92 Å². The second kappa shape index (κ2) is 6.73. The van der Waals surface area contributed by atoms with Gasteiger partial charge in [-0.25, -0.2) is 9.50 Å². The first-order chi connectivity index (χ1) is 13.8. The molecular weight excluding hydrogens is 385 g/mol. The highest BCUT2D eigenvalue weighted by atomic mass is 19.4. The minimum atomic E-state index is -4.59. The molecule has 3 heterocycles. The average molecular weight is 400 g/mol. The highest BCUT2D eigenvalue weighted by Crippen LogP contribution is 2.34. The molecule has 0 bridgehead atoms. The van der Waals surface area contributed by atoms with Gasteiger partial charge in [-0.15, -0.1) is 0 Å². The van der Waals surface area contributed by atoms with Gasteiger partial charge in [0.25, 0.3) is 5.91 Å². The van der Waals surface area contributed by atoms with Crippen molar-refractivity contribution in [3.8, 4) is 11.3 Å². The van der Waals surface area contributed by atoms with Crippen molar-refractivity contribution in [2.45, 2.75) is 13.1 Å². The molecule has 1 N–H and O–H groups in total. The molecule has 0 aliphatic rings. The molecule has 3 aromatic heterocycles. The van der Waals surface area contributed by atoms with E-state index in [1.165, 1.54) is 28.8 Å². The number of fused-ring (bicyclic) bond motifs is 1. The van der Waals surface area contributed by atoms with Crippen molar-refractivity contribution >= 4 is 17.2 Å². The number of amides is 1. The molecule has 4 aromatic rings. The van der Waals surface area contributed by atoms with E-state index in [-0.39, 0.29) is 11.4 Å². The van der Waals surface area contributed by atoms with Crippen molar-refractivity contribution in [2.24, 2.45) is 7.05 Å². The van der Waals surface area contributed by atoms with Gasteiger partial charge in [0.2, 0.25) is 0 Å². The molecule has 10 heteroatoms. The topological polar surface area (TPSA) is 77.1 Å². The maximum atomic E-state index is 13.2. The Bertz CT molecular complexity index is 1220. The molecule has 4 rings (SSSR count). The zero-order valence-corrected chi connectivity index (χ0v) is 15.4. The maximum absolute atomic E-state index is 13.2. The van der Waals surface area contributed by atoms with Crippen LogP contribution in [0.2, 0.25) is 0 Å². The van der Waals surface area contributed by atoms with Crippen molar-refractivity contribution in [3.63, 3.8) is 0 Å². The van der Waals surface area contributed by atoms with E-state index in [0.717, 1.165) is 17.3 Å². The minimum absolute atomic E-state index is 0.0523. The predicted octanol–water partition coefficient (Wildman–Crippen LogP) is 3.71. The molecule has 148 valence electrons. The Balaban J connectivity index is 1.72. The van der Waals surface area contributed by atoms with Crippen LogP contribution >= 0.6 is 0 Å². The lowest BCUT2D eigenvalue weighted by atomic mass is 10.1. The standard InChI is InChI=1S/C19H15F3N6O/c1-11-12(10-24-27(11)2)16-7-8-23-17-9-15(26-28(16)17)18(29)25-14-6-4-3-5-13(14)19(20,21)22/h3-10H,1-2H3,(H,25,29). The molecule has 0 fully saturated rings. The third-order valence-corrected chi connectivity index (χ3v) is 4.58. The fraction of sp³-hybridized carbons (Fsp3) is 0.158. The number of aryl methyl sites for hydroxylation is 1. The quantitative estimate of drug-likeness (QED) is 0.569. The Hall–Kier alpha value is -3.69. The molecule has 0 atom stereocenters. The number of carbonyl (C=O) groups is 1. The molecule has 1 aromatic carbocycles. The zero-order valence-electron chi connectivity index (χ0n) is 15.4. The van der Waals surface area contributed by atoms with E-state index in [1.54, 1.807) is 30.2 Å². The van der Waals surface area contributed by atoms with Crippen LogP contribution in [0.15, 0.2) is 48.8 Å². The number of carbonyl (C=O) groups excluding carboxylic acids is 1. The number of benzene rings is 1. The van der Waals surface area contributed by atoms with Crippen LogP contribution in [-0.4, -0.2) is 30.3 Å². The van der Waals surface area contributed by atoms with Gasteiger partial charge in [0, 0.05) is 30.6 Å². The second-order valence-corrected chi connectivity index (χ2v) is 6.39. The summed E-state index contributed by atoms with van der Waals surface area (Å²) in [6, 6.07) is 7.92. The number of nitrogens with one attached hydrogen (secondary N) is 1. The summed E-state index contributed by atoms with van der Waals surface area (Å²) in [6.45, 7) is 1.89. The molecule has 0 aliphatic carbocycles. The molecule has 0 radical (unpaired) electrons. The summed E-state index contributed by atoms with van der Waals surface area (Å²) in [6.07, 6.45) is -1.35. The first kappa shape index (κ1) is 18.7. The van der Waals surface area contributed by atoms with Crippen molar-refractivity contribution in [2.75, 3.05) is 5.32 Å². The highest BCUT2D eigenvalue weighted by molar-refractivity contribution is 6.04. The number of hydrogen-bond acceptors (Lipinski definition) is 4. The predicted molar refractivity (Wildman–Crippen MR) is 99.3 cm³/mol. The van der Waals surface area contributed by atoms with E-state index < -0.39 is 17.6 Å². The van der Waals surface area contributed by atoms with Crippen LogP contribution in [-0.2, 0) is 13.2 Å². The first-order valence-electron chi connectivity index (χ1n) is 8.57. The molecule has 0 spiro atoms. The van der Waals surface area contributed by atoms with Crippen LogP contribution in [0.1, 0.15) is 21.7 Å². The normalized spacial score (nSPS) is 11.8. The molecule has 29 heavy (non-hydrogen) atoms. The van der Waals surface area contributed by atoms with Gasteiger partial charge in [0.15, 0.2) is 11.3 Å². The van der Waals surface area contributed by atoms with Gasteiger partial charge >= 0.3 is 6.18 Å². The Morgan fingerprint density at radius 1 is 1.17 bits per heavy atom. The van der Waals surface area contributed by atoms with Crippen molar-refractivity contribution in [1.82, 2.24) is 24.4 Å². The summed E-state index contributed by atoms with van der Waals surface area (Å²) in [4.78, 5) is 16.8.